The molecule has 4 heterocycles. The third kappa shape index (κ3) is 2.51. The molecule has 0 atom stereocenters. The summed E-state index contributed by atoms with van der Waals surface area (Å²) in [4.78, 5) is 16.1. The molecule has 0 saturated heterocycles. The van der Waals surface area contributed by atoms with E-state index in [4.69, 9.17) is 4.98 Å². The smallest absolute Gasteiger partial charge is 0.140 e. The average molecular weight is 307 g/mol. The zero-order valence-electron chi connectivity index (χ0n) is 13.9. The fraction of sp³-hybridized carbons (Fsp3) is 0.389. The average Bonchev–Trinajstić information content (AvgIpc) is 2.85. The predicted octanol–water partition coefficient (Wildman–Crippen LogP) is 2.61. The van der Waals surface area contributed by atoms with Crippen molar-refractivity contribution in [2.75, 3.05) is 6.54 Å². The van der Waals surface area contributed by atoms with E-state index >= 15 is 0 Å². The van der Waals surface area contributed by atoms with E-state index in [9.17, 15) is 0 Å². The topological polar surface area (TPSA) is 46.3 Å². The third-order valence-corrected chi connectivity index (χ3v) is 4.65. The lowest BCUT2D eigenvalue weighted by Crippen LogP contribution is -2.31. The molecule has 1 aliphatic heterocycles. The first-order valence-electron chi connectivity index (χ1n) is 8.09. The van der Waals surface area contributed by atoms with Gasteiger partial charge in [0, 0.05) is 49.7 Å². The van der Waals surface area contributed by atoms with Crippen molar-refractivity contribution in [1.82, 2.24) is 24.3 Å². The highest BCUT2D eigenvalue weighted by atomic mass is 15.2. The molecule has 5 nitrogen and oxygen atoms in total. The molecule has 23 heavy (non-hydrogen) atoms. The van der Waals surface area contributed by atoms with Gasteiger partial charge >= 0.3 is 0 Å². The number of fused-ring (bicyclic) bond motifs is 2. The zero-order chi connectivity index (χ0) is 16.0. The molecule has 0 saturated carbocycles. The summed E-state index contributed by atoms with van der Waals surface area (Å²) >= 11 is 0. The molecule has 0 spiro atoms. The van der Waals surface area contributed by atoms with E-state index in [1.165, 1.54) is 22.5 Å². The van der Waals surface area contributed by atoms with Gasteiger partial charge in [0.05, 0.1) is 11.4 Å². The molecule has 0 N–H and O–H groups in total. The van der Waals surface area contributed by atoms with Crippen molar-refractivity contribution in [3.05, 3.63) is 58.6 Å². The summed E-state index contributed by atoms with van der Waals surface area (Å²) in [5.74, 6) is 0.866. The number of aromatic nitrogens is 4. The number of hydrogen-bond donors (Lipinski definition) is 0. The van der Waals surface area contributed by atoms with Crippen LogP contribution in [0.25, 0.3) is 5.65 Å². The van der Waals surface area contributed by atoms with Gasteiger partial charge in [0.2, 0.25) is 0 Å². The maximum absolute atomic E-state index is 4.75. The van der Waals surface area contributed by atoms with Crippen LogP contribution in [0.2, 0.25) is 0 Å². The van der Waals surface area contributed by atoms with Gasteiger partial charge < -0.3 is 4.40 Å². The second kappa shape index (κ2) is 5.42. The van der Waals surface area contributed by atoms with Crippen LogP contribution in [-0.4, -0.2) is 30.8 Å². The van der Waals surface area contributed by atoms with Gasteiger partial charge in [0.15, 0.2) is 0 Å². The maximum Gasteiger partial charge on any atom is 0.140 e. The molecule has 3 aromatic rings. The zero-order valence-corrected chi connectivity index (χ0v) is 13.9. The summed E-state index contributed by atoms with van der Waals surface area (Å²) in [6.45, 7) is 9.02. The van der Waals surface area contributed by atoms with E-state index < -0.39 is 0 Å². The van der Waals surface area contributed by atoms with E-state index in [1.807, 2.05) is 13.1 Å². The van der Waals surface area contributed by atoms with Crippen molar-refractivity contribution >= 4 is 5.65 Å². The Morgan fingerprint density at radius 2 is 2.04 bits per heavy atom. The number of imidazole rings is 1. The Labute approximate surface area is 136 Å². The van der Waals surface area contributed by atoms with Gasteiger partial charge in [-0.15, -0.1) is 0 Å². The second-order valence-corrected chi connectivity index (χ2v) is 6.38. The summed E-state index contributed by atoms with van der Waals surface area (Å²) in [5, 5.41) is 0. The van der Waals surface area contributed by atoms with Crippen LogP contribution in [0.1, 0.15) is 34.0 Å². The van der Waals surface area contributed by atoms with E-state index in [0.717, 1.165) is 43.2 Å². The largest absolute Gasteiger partial charge is 0.302 e. The minimum atomic E-state index is 0.866. The monoisotopic (exact) mass is 307 g/mol. The van der Waals surface area contributed by atoms with Crippen molar-refractivity contribution in [3.63, 3.8) is 0 Å². The lowest BCUT2D eigenvalue weighted by molar-refractivity contribution is 0.238. The van der Waals surface area contributed by atoms with Gasteiger partial charge in [-0.05, 0) is 32.4 Å². The fourth-order valence-electron chi connectivity index (χ4n) is 3.38. The van der Waals surface area contributed by atoms with E-state index in [1.54, 1.807) is 0 Å². The van der Waals surface area contributed by atoms with Crippen LogP contribution in [-0.2, 0) is 19.5 Å². The van der Waals surface area contributed by atoms with Crippen LogP contribution in [0.3, 0.4) is 0 Å². The van der Waals surface area contributed by atoms with Crippen molar-refractivity contribution in [2.24, 2.45) is 0 Å². The molecule has 0 bridgehead atoms. The molecule has 3 aromatic heterocycles. The molecule has 0 fully saturated rings. The van der Waals surface area contributed by atoms with Crippen LogP contribution in [0.5, 0.6) is 0 Å². The minimum absolute atomic E-state index is 0.866. The van der Waals surface area contributed by atoms with Crippen molar-refractivity contribution in [1.29, 1.82) is 0 Å². The highest BCUT2D eigenvalue weighted by molar-refractivity contribution is 5.50. The SMILES string of the molecule is Cc1ncc2c(n1)CCN(Cc1c(C)nc3c(C)cccn13)C2. The Morgan fingerprint density at radius 1 is 1.17 bits per heavy atom. The van der Waals surface area contributed by atoms with E-state index in [2.05, 4.69) is 51.4 Å². The summed E-state index contributed by atoms with van der Waals surface area (Å²) in [5.41, 5.74) is 7.14. The van der Waals surface area contributed by atoms with Gasteiger partial charge in [-0.2, -0.15) is 0 Å². The van der Waals surface area contributed by atoms with E-state index in [0.29, 0.717) is 0 Å². The van der Waals surface area contributed by atoms with Crippen molar-refractivity contribution < 1.29 is 0 Å². The summed E-state index contributed by atoms with van der Waals surface area (Å²) in [6.07, 6.45) is 5.09. The molecular weight excluding hydrogens is 286 g/mol. The first-order chi connectivity index (χ1) is 11.1. The number of hydrogen-bond acceptors (Lipinski definition) is 4. The number of pyridine rings is 1. The lowest BCUT2D eigenvalue weighted by atomic mass is 10.1. The Kier molecular flexibility index (Phi) is 3.38. The normalized spacial score (nSPS) is 15.1. The maximum atomic E-state index is 4.75. The molecule has 0 radical (unpaired) electrons. The second-order valence-electron chi connectivity index (χ2n) is 6.38. The predicted molar refractivity (Wildman–Crippen MR) is 89.3 cm³/mol. The lowest BCUT2D eigenvalue weighted by Gasteiger charge is -2.28. The quantitative estimate of drug-likeness (QED) is 0.730. The summed E-state index contributed by atoms with van der Waals surface area (Å²) in [6, 6.07) is 4.21. The van der Waals surface area contributed by atoms with Gasteiger partial charge in [0.25, 0.3) is 0 Å². The molecule has 0 amide bonds. The van der Waals surface area contributed by atoms with Crippen molar-refractivity contribution in [3.8, 4) is 0 Å². The molecule has 0 aliphatic carbocycles. The van der Waals surface area contributed by atoms with Crippen LogP contribution in [0.15, 0.2) is 24.5 Å². The Hall–Kier alpha value is -2.27. The standard InChI is InChI=1S/C18H21N5/c1-12-5-4-7-23-17(13(2)20-18(12)23)11-22-8-6-16-15(10-22)9-19-14(3)21-16/h4-5,7,9H,6,8,10-11H2,1-3H3. The highest BCUT2D eigenvalue weighted by Crippen LogP contribution is 2.21. The van der Waals surface area contributed by atoms with Crippen LogP contribution >= 0.6 is 0 Å². The minimum Gasteiger partial charge on any atom is -0.302 e. The fourth-order valence-corrected chi connectivity index (χ4v) is 3.38. The Morgan fingerprint density at radius 3 is 2.91 bits per heavy atom. The highest BCUT2D eigenvalue weighted by Gasteiger charge is 2.20. The van der Waals surface area contributed by atoms with Crippen LogP contribution < -0.4 is 0 Å². The van der Waals surface area contributed by atoms with Gasteiger partial charge in [0.1, 0.15) is 11.5 Å². The molecular formula is C18H21N5. The Balaban J connectivity index is 1.63. The van der Waals surface area contributed by atoms with Gasteiger partial charge in [-0.25, -0.2) is 15.0 Å². The first-order valence-corrected chi connectivity index (χ1v) is 8.09. The van der Waals surface area contributed by atoms with E-state index in [-0.39, 0.29) is 0 Å². The summed E-state index contributed by atoms with van der Waals surface area (Å²) < 4.78 is 2.23. The van der Waals surface area contributed by atoms with Crippen LogP contribution in [0.4, 0.5) is 0 Å². The molecule has 0 unspecified atom stereocenters. The number of nitrogens with zero attached hydrogens (tertiary/aromatic N) is 5. The van der Waals surface area contributed by atoms with Crippen LogP contribution in [0, 0.1) is 20.8 Å². The molecule has 4 rings (SSSR count). The molecule has 1 aliphatic rings. The molecule has 5 heteroatoms. The molecule has 118 valence electrons. The molecule has 0 aromatic carbocycles. The van der Waals surface area contributed by atoms with Gasteiger partial charge in [-0.1, -0.05) is 6.07 Å². The first kappa shape index (κ1) is 14.3. The number of aryl methyl sites for hydroxylation is 3. The summed E-state index contributed by atoms with van der Waals surface area (Å²) in [7, 11) is 0. The Bertz CT molecular complexity index is 880. The third-order valence-electron chi connectivity index (χ3n) is 4.65. The van der Waals surface area contributed by atoms with Gasteiger partial charge in [-0.3, -0.25) is 4.90 Å². The number of rotatable bonds is 2. The van der Waals surface area contributed by atoms with Crippen molar-refractivity contribution in [2.45, 2.75) is 40.3 Å².